The lowest BCUT2D eigenvalue weighted by atomic mass is 10.1. The second-order valence-corrected chi connectivity index (χ2v) is 5.77. The highest BCUT2D eigenvalue weighted by Gasteiger charge is 2.30. The molecule has 0 radical (unpaired) electrons. The second-order valence-electron chi connectivity index (χ2n) is 5.77. The number of rotatable bonds is 3. The molecule has 1 aliphatic heterocycles. The predicted molar refractivity (Wildman–Crippen MR) is 90.8 cm³/mol. The molecular formula is C18H21N3O2. The molecule has 5 heteroatoms. The van der Waals surface area contributed by atoms with Gasteiger partial charge in [-0.15, -0.1) is 0 Å². The van der Waals surface area contributed by atoms with E-state index in [1.165, 1.54) is 11.8 Å². The number of H-pyrrole nitrogens is 1. The summed E-state index contributed by atoms with van der Waals surface area (Å²) in [7, 11) is 0. The minimum absolute atomic E-state index is 0.0951. The van der Waals surface area contributed by atoms with Gasteiger partial charge in [0.2, 0.25) is 5.56 Å². The van der Waals surface area contributed by atoms with E-state index in [-0.39, 0.29) is 17.5 Å². The Morgan fingerprint density at radius 1 is 1.13 bits per heavy atom. The Balaban J connectivity index is 1.77. The number of aromatic nitrogens is 1. The summed E-state index contributed by atoms with van der Waals surface area (Å²) in [5.41, 5.74) is 1.31. The average Bonchev–Trinajstić information content (AvgIpc) is 2.61. The van der Waals surface area contributed by atoms with E-state index < -0.39 is 0 Å². The molecule has 1 amide bonds. The van der Waals surface area contributed by atoms with Gasteiger partial charge in [-0.25, -0.2) is 0 Å². The van der Waals surface area contributed by atoms with Gasteiger partial charge in [-0.05, 0) is 24.6 Å². The minimum Gasteiger partial charge on any atom is -0.368 e. The van der Waals surface area contributed by atoms with Crippen molar-refractivity contribution in [1.82, 2.24) is 9.88 Å². The number of nitrogens with one attached hydrogen (secondary N) is 1. The lowest BCUT2D eigenvalue weighted by molar-refractivity contribution is 0.0645. The molecule has 0 aliphatic carbocycles. The van der Waals surface area contributed by atoms with Crippen molar-refractivity contribution in [3.05, 3.63) is 64.6 Å². The Bertz CT molecular complexity index is 726. The maximum atomic E-state index is 12.7. The topological polar surface area (TPSA) is 56.4 Å². The molecule has 2 aromatic rings. The molecule has 1 N–H and O–H groups in total. The monoisotopic (exact) mass is 311 g/mol. The van der Waals surface area contributed by atoms with Gasteiger partial charge in [0.25, 0.3) is 5.91 Å². The number of carbonyl (C=O) groups is 1. The Hall–Kier alpha value is -2.56. The lowest BCUT2D eigenvalue weighted by Crippen LogP contribution is -2.55. The number of benzene rings is 1. The quantitative estimate of drug-likeness (QED) is 0.944. The zero-order valence-electron chi connectivity index (χ0n) is 13.2. The molecule has 23 heavy (non-hydrogen) atoms. The Labute approximate surface area is 135 Å². The van der Waals surface area contributed by atoms with E-state index in [1.54, 1.807) is 12.1 Å². The maximum absolute atomic E-state index is 12.7. The Kier molecular flexibility index (Phi) is 4.46. The van der Waals surface area contributed by atoms with Gasteiger partial charge in [0, 0.05) is 37.4 Å². The molecular weight excluding hydrogens is 290 g/mol. The van der Waals surface area contributed by atoms with Gasteiger partial charge < -0.3 is 14.8 Å². The summed E-state index contributed by atoms with van der Waals surface area (Å²) >= 11 is 0. The normalized spacial score (nSPS) is 18.0. The molecule has 1 atom stereocenters. The number of anilines is 1. The van der Waals surface area contributed by atoms with Crippen molar-refractivity contribution in [2.45, 2.75) is 19.4 Å². The number of hydrogen-bond donors (Lipinski definition) is 1. The summed E-state index contributed by atoms with van der Waals surface area (Å²) in [5.74, 6) is -0.0951. The number of hydrogen-bond acceptors (Lipinski definition) is 3. The van der Waals surface area contributed by atoms with E-state index in [1.807, 2.05) is 23.1 Å². The van der Waals surface area contributed by atoms with Crippen LogP contribution in [0.1, 0.15) is 23.8 Å². The number of para-hydroxylation sites is 1. The van der Waals surface area contributed by atoms with Gasteiger partial charge in [-0.3, -0.25) is 9.59 Å². The van der Waals surface area contributed by atoms with Gasteiger partial charge >= 0.3 is 0 Å². The molecule has 5 nitrogen and oxygen atoms in total. The van der Waals surface area contributed by atoms with E-state index in [0.29, 0.717) is 12.2 Å². The standard InChI is InChI=1S/C18H21N3O2/c1-2-14-13-20(15-7-4-3-5-8-15)11-12-21(14)18(23)16-9-6-10-17(22)19-16/h3-10,14H,2,11-13H2,1H3,(H,19,22). The summed E-state index contributed by atoms with van der Waals surface area (Å²) in [5, 5.41) is 0. The summed E-state index contributed by atoms with van der Waals surface area (Å²) in [6.45, 7) is 4.35. The average molecular weight is 311 g/mol. The van der Waals surface area contributed by atoms with Crippen molar-refractivity contribution in [2.75, 3.05) is 24.5 Å². The molecule has 1 saturated heterocycles. The van der Waals surface area contributed by atoms with E-state index in [9.17, 15) is 9.59 Å². The van der Waals surface area contributed by atoms with Crippen LogP contribution in [0.15, 0.2) is 53.3 Å². The van der Waals surface area contributed by atoms with Crippen LogP contribution in [0.3, 0.4) is 0 Å². The first-order valence-corrected chi connectivity index (χ1v) is 7.99. The van der Waals surface area contributed by atoms with Crippen LogP contribution in [-0.2, 0) is 0 Å². The fraction of sp³-hybridized carbons (Fsp3) is 0.333. The van der Waals surface area contributed by atoms with Crippen molar-refractivity contribution in [3.63, 3.8) is 0 Å². The van der Waals surface area contributed by atoms with E-state index >= 15 is 0 Å². The molecule has 1 aliphatic rings. The first kappa shape index (κ1) is 15.3. The largest absolute Gasteiger partial charge is 0.368 e. The summed E-state index contributed by atoms with van der Waals surface area (Å²) in [4.78, 5) is 31.0. The molecule has 1 unspecified atom stereocenters. The first-order valence-electron chi connectivity index (χ1n) is 7.99. The van der Waals surface area contributed by atoms with Crippen LogP contribution in [0, 0.1) is 0 Å². The SMILES string of the molecule is CCC1CN(c2ccccc2)CCN1C(=O)c1cccc(=O)[nH]1. The van der Waals surface area contributed by atoms with Crippen LogP contribution in [0.5, 0.6) is 0 Å². The van der Waals surface area contributed by atoms with Crippen molar-refractivity contribution in [2.24, 2.45) is 0 Å². The molecule has 1 fully saturated rings. The molecule has 1 aromatic carbocycles. The summed E-state index contributed by atoms with van der Waals surface area (Å²) in [6, 6.07) is 15.1. The number of carbonyl (C=O) groups excluding carboxylic acids is 1. The highest BCUT2D eigenvalue weighted by Crippen LogP contribution is 2.21. The van der Waals surface area contributed by atoms with Crippen molar-refractivity contribution < 1.29 is 4.79 Å². The number of nitrogens with zero attached hydrogens (tertiary/aromatic N) is 2. The van der Waals surface area contributed by atoms with Crippen LogP contribution >= 0.6 is 0 Å². The first-order chi connectivity index (χ1) is 11.2. The zero-order valence-corrected chi connectivity index (χ0v) is 13.2. The molecule has 1 aromatic heterocycles. The van der Waals surface area contributed by atoms with Gasteiger partial charge in [-0.2, -0.15) is 0 Å². The third-order valence-corrected chi connectivity index (χ3v) is 4.33. The number of amides is 1. The fourth-order valence-corrected chi connectivity index (χ4v) is 3.07. The van der Waals surface area contributed by atoms with Crippen molar-refractivity contribution >= 4 is 11.6 Å². The smallest absolute Gasteiger partial charge is 0.270 e. The summed E-state index contributed by atoms with van der Waals surface area (Å²) in [6.07, 6.45) is 0.881. The predicted octanol–water partition coefficient (Wildman–Crippen LogP) is 2.12. The van der Waals surface area contributed by atoms with Crippen LogP contribution in [0.4, 0.5) is 5.69 Å². The summed E-state index contributed by atoms with van der Waals surface area (Å²) < 4.78 is 0. The van der Waals surface area contributed by atoms with Gasteiger partial charge in [0.1, 0.15) is 5.69 Å². The maximum Gasteiger partial charge on any atom is 0.270 e. The van der Waals surface area contributed by atoms with Crippen LogP contribution < -0.4 is 10.5 Å². The van der Waals surface area contributed by atoms with Crippen molar-refractivity contribution in [1.29, 1.82) is 0 Å². The number of piperazine rings is 1. The molecule has 2 heterocycles. The second kappa shape index (κ2) is 6.69. The minimum atomic E-state index is -0.244. The Morgan fingerprint density at radius 3 is 2.61 bits per heavy atom. The molecule has 120 valence electrons. The number of pyridine rings is 1. The lowest BCUT2D eigenvalue weighted by Gasteiger charge is -2.42. The highest BCUT2D eigenvalue weighted by molar-refractivity contribution is 5.92. The Morgan fingerprint density at radius 2 is 1.91 bits per heavy atom. The van der Waals surface area contributed by atoms with E-state index in [2.05, 4.69) is 28.9 Å². The molecule has 0 saturated carbocycles. The zero-order chi connectivity index (χ0) is 16.2. The van der Waals surface area contributed by atoms with E-state index in [4.69, 9.17) is 0 Å². The van der Waals surface area contributed by atoms with Gasteiger partial charge in [0.15, 0.2) is 0 Å². The third kappa shape index (κ3) is 3.28. The third-order valence-electron chi connectivity index (χ3n) is 4.33. The molecule has 0 bridgehead atoms. The van der Waals surface area contributed by atoms with Crippen LogP contribution in [-0.4, -0.2) is 41.5 Å². The highest BCUT2D eigenvalue weighted by atomic mass is 16.2. The van der Waals surface area contributed by atoms with E-state index in [0.717, 1.165) is 19.5 Å². The molecule has 0 spiro atoms. The number of aromatic amines is 1. The van der Waals surface area contributed by atoms with Gasteiger partial charge in [-0.1, -0.05) is 31.2 Å². The van der Waals surface area contributed by atoms with Gasteiger partial charge in [0.05, 0.1) is 0 Å². The van der Waals surface area contributed by atoms with Crippen molar-refractivity contribution in [3.8, 4) is 0 Å². The van der Waals surface area contributed by atoms with Crippen LogP contribution in [0.2, 0.25) is 0 Å². The molecule has 3 rings (SSSR count). The fourth-order valence-electron chi connectivity index (χ4n) is 3.07. The van der Waals surface area contributed by atoms with Crippen LogP contribution in [0.25, 0.3) is 0 Å².